The summed E-state index contributed by atoms with van der Waals surface area (Å²) in [4.78, 5) is 32.7. The number of para-hydroxylation sites is 1. The molecule has 1 saturated heterocycles. The molecule has 38 heavy (non-hydrogen) atoms. The molecule has 0 radical (unpaired) electrons. The Balaban J connectivity index is 1.49. The Morgan fingerprint density at radius 2 is 1.82 bits per heavy atom. The maximum atomic E-state index is 13.1. The van der Waals surface area contributed by atoms with Gasteiger partial charge in [0.25, 0.3) is 0 Å². The molecular formula is C30H34N6O2. The Hall–Kier alpha value is -4.20. The number of nitrogens with one attached hydrogen (secondary N) is 1. The minimum atomic E-state index is -0.523. The molecule has 3 heterocycles. The number of rotatable bonds is 8. The van der Waals surface area contributed by atoms with E-state index in [-0.39, 0.29) is 5.91 Å². The van der Waals surface area contributed by atoms with E-state index in [9.17, 15) is 9.59 Å². The molecule has 0 saturated carbocycles. The summed E-state index contributed by atoms with van der Waals surface area (Å²) >= 11 is 0. The van der Waals surface area contributed by atoms with Gasteiger partial charge in [-0.25, -0.2) is 4.98 Å². The topological polar surface area (TPSA) is 110 Å². The molecule has 0 unspecified atom stereocenters. The Morgan fingerprint density at radius 1 is 1.05 bits per heavy atom. The zero-order chi connectivity index (χ0) is 26.6. The van der Waals surface area contributed by atoms with Gasteiger partial charge >= 0.3 is 0 Å². The monoisotopic (exact) mass is 510 g/mol. The van der Waals surface area contributed by atoms with Crippen molar-refractivity contribution >= 4 is 11.8 Å². The van der Waals surface area contributed by atoms with E-state index in [0.717, 1.165) is 35.3 Å². The Morgan fingerprint density at radius 3 is 2.50 bits per heavy atom. The highest BCUT2D eigenvalue weighted by atomic mass is 16.2. The minimum Gasteiger partial charge on any atom is -0.366 e. The number of nitrogens with two attached hydrogens (primary N) is 1. The fraction of sp³-hybridized carbons (Fsp3) is 0.333. The summed E-state index contributed by atoms with van der Waals surface area (Å²) in [6.07, 6.45) is 10.7. The van der Waals surface area contributed by atoms with E-state index in [1.165, 1.54) is 6.42 Å². The summed E-state index contributed by atoms with van der Waals surface area (Å²) < 4.78 is 2.00. The first-order chi connectivity index (χ1) is 18.4. The van der Waals surface area contributed by atoms with Crippen molar-refractivity contribution in [3.63, 3.8) is 0 Å². The van der Waals surface area contributed by atoms with Crippen LogP contribution >= 0.6 is 0 Å². The molecule has 2 amide bonds. The lowest BCUT2D eigenvalue weighted by atomic mass is 9.96. The molecule has 2 atom stereocenters. The van der Waals surface area contributed by atoms with Crippen LogP contribution in [0, 0.1) is 0 Å². The van der Waals surface area contributed by atoms with Crippen LogP contribution in [0.25, 0.3) is 28.2 Å². The standard InChI is InChI=1S/C30H34N6O2/c1-20-9-6-10-21(2)36(20)27(37)16-7-11-23-19-35(24-12-4-3-5-13-24)30(34-23)28-25(22-17-32-33-18-22)14-8-15-26(28)29(31)38/h3-5,8,12-15,17-21H,6-7,9-11,16H2,1-2H3,(H2,31,38)(H,32,33)/t20-,21+. The van der Waals surface area contributed by atoms with Gasteiger partial charge in [-0.05, 0) is 69.7 Å². The van der Waals surface area contributed by atoms with E-state index in [0.29, 0.717) is 48.3 Å². The molecule has 4 aromatic rings. The van der Waals surface area contributed by atoms with Gasteiger partial charge in [-0.3, -0.25) is 19.3 Å². The van der Waals surface area contributed by atoms with E-state index in [4.69, 9.17) is 10.7 Å². The smallest absolute Gasteiger partial charge is 0.249 e. The second-order valence-corrected chi connectivity index (χ2v) is 10.1. The van der Waals surface area contributed by atoms with Crippen LogP contribution < -0.4 is 5.73 Å². The van der Waals surface area contributed by atoms with Crippen LogP contribution in [0.1, 0.15) is 62.0 Å². The molecule has 8 nitrogen and oxygen atoms in total. The first-order valence-electron chi connectivity index (χ1n) is 13.3. The lowest BCUT2D eigenvalue weighted by Crippen LogP contribution is -2.47. The maximum Gasteiger partial charge on any atom is 0.249 e. The first kappa shape index (κ1) is 25.4. The van der Waals surface area contributed by atoms with Crippen LogP contribution in [0.5, 0.6) is 0 Å². The third-order valence-corrected chi connectivity index (χ3v) is 7.46. The van der Waals surface area contributed by atoms with Crippen LogP contribution in [-0.4, -0.2) is 48.5 Å². The van der Waals surface area contributed by atoms with Gasteiger partial charge in [0.05, 0.1) is 17.5 Å². The fourth-order valence-corrected chi connectivity index (χ4v) is 5.61. The second-order valence-electron chi connectivity index (χ2n) is 10.1. The highest BCUT2D eigenvalue weighted by molar-refractivity contribution is 6.03. The highest BCUT2D eigenvalue weighted by Crippen LogP contribution is 2.35. The number of piperidine rings is 1. The molecular weight excluding hydrogens is 476 g/mol. The molecule has 2 aromatic heterocycles. The molecule has 196 valence electrons. The number of nitrogens with zero attached hydrogens (tertiary/aromatic N) is 4. The molecule has 3 N–H and O–H groups in total. The summed E-state index contributed by atoms with van der Waals surface area (Å²) in [5, 5.41) is 6.94. The van der Waals surface area contributed by atoms with Crippen molar-refractivity contribution in [2.24, 2.45) is 5.73 Å². The number of carbonyl (C=O) groups excluding carboxylic acids is 2. The third kappa shape index (κ3) is 5.11. The number of H-pyrrole nitrogens is 1. The lowest BCUT2D eigenvalue weighted by molar-refractivity contribution is -0.137. The normalized spacial score (nSPS) is 17.5. The van der Waals surface area contributed by atoms with Crippen molar-refractivity contribution in [1.29, 1.82) is 0 Å². The summed E-state index contributed by atoms with van der Waals surface area (Å²) in [5.41, 5.74) is 10.3. The van der Waals surface area contributed by atoms with E-state index in [1.54, 1.807) is 18.5 Å². The van der Waals surface area contributed by atoms with Crippen LogP contribution in [0.4, 0.5) is 0 Å². The van der Waals surface area contributed by atoms with Crippen molar-refractivity contribution in [2.75, 3.05) is 0 Å². The van der Waals surface area contributed by atoms with E-state index >= 15 is 0 Å². The van der Waals surface area contributed by atoms with Crippen LogP contribution in [0.15, 0.2) is 67.1 Å². The molecule has 1 fully saturated rings. The number of aromatic nitrogens is 4. The summed E-state index contributed by atoms with van der Waals surface area (Å²) in [6, 6.07) is 16.0. The van der Waals surface area contributed by atoms with Crippen molar-refractivity contribution in [3.8, 4) is 28.2 Å². The van der Waals surface area contributed by atoms with Crippen LogP contribution in [-0.2, 0) is 11.2 Å². The van der Waals surface area contributed by atoms with Gasteiger partial charge in [-0.15, -0.1) is 0 Å². The Labute approximate surface area is 222 Å². The highest BCUT2D eigenvalue weighted by Gasteiger charge is 2.28. The van der Waals surface area contributed by atoms with Gasteiger partial charge in [-0.1, -0.05) is 30.3 Å². The number of primary amides is 1. The zero-order valence-electron chi connectivity index (χ0n) is 21.9. The largest absolute Gasteiger partial charge is 0.366 e. The number of aryl methyl sites for hydroxylation is 1. The third-order valence-electron chi connectivity index (χ3n) is 7.46. The van der Waals surface area contributed by atoms with Gasteiger partial charge < -0.3 is 10.6 Å². The van der Waals surface area contributed by atoms with Gasteiger partial charge in [-0.2, -0.15) is 5.10 Å². The van der Waals surface area contributed by atoms with Gasteiger partial charge in [0.2, 0.25) is 11.8 Å². The Kier molecular flexibility index (Phi) is 7.40. The number of carbonyl (C=O) groups is 2. The molecule has 8 heteroatoms. The number of amides is 2. The fourth-order valence-electron chi connectivity index (χ4n) is 5.61. The number of hydrogen-bond acceptors (Lipinski definition) is 4. The SMILES string of the molecule is C[C@@H]1CCC[C@H](C)N1C(=O)CCCc1cn(-c2ccccc2)c(-c2c(C(N)=O)cccc2-c2cn[nH]c2)n1. The number of benzene rings is 2. The first-order valence-corrected chi connectivity index (χ1v) is 13.3. The summed E-state index contributed by atoms with van der Waals surface area (Å²) in [7, 11) is 0. The lowest BCUT2D eigenvalue weighted by Gasteiger charge is -2.39. The number of imidazole rings is 1. The average molecular weight is 511 g/mol. The van der Waals surface area contributed by atoms with E-state index in [1.807, 2.05) is 53.2 Å². The molecule has 5 rings (SSSR count). The summed E-state index contributed by atoms with van der Waals surface area (Å²) in [6.45, 7) is 4.30. The number of aromatic amines is 1. The predicted molar refractivity (Wildman–Crippen MR) is 148 cm³/mol. The van der Waals surface area contributed by atoms with Gasteiger partial charge in [0.15, 0.2) is 0 Å². The second kappa shape index (κ2) is 11.0. The van der Waals surface area contributed by atoms with Gasteiger partial charge in [0, 0.05) is 47.7 Å². The predicted octanol–water partition coefficient (Wildman–Crippen LogP) is 5.14. The van der Waals surface area contributed by atoms with Crippen molar-refractivity contribution < 1.29 is 9.59 Å². The van der Waals surface area contributed by atoms with Crippen molar-refractivity contribution in [2.45, 2.75) is 64.5 Å². The molecule has 1 aliphatic heterocycles. The zero-order valence-corrected chi connectivity index (χ0v) is 21.9. The molecule has 0 bridgehead atoms. The number of hydrogen-bond donors (Lipinski definition) is 2. The molecule has 0 spiro atoms. The van der Waals surface area contributed by atoms with E-state index in [2.05, 4.69) is 28.9 Å². The van der Waals surface area contributed by atoms with Crippen LogP contribution in [0.3, 0.4) is 0 Å². The van der Waals surface area contributed by atoms with Gasteiger partial charge in [0.1, 0.15) is 5.82 Å². The van der Waals surface area contributed by atoms with Crippen molar-refractivity contribution in [3.05, 3.63) is 78.4 Å². The minimum absolute atomic E-state index is 0.216. The summed E-state index contributed by atoms with van der Waals surface area (Å²) in [5.74, 6) is 0.319. The Bertz CT molecular complexity index is 1400. The van der Waals surface area contributed by atoms with E-state index < -0.39 is 5.91 Å². The number of likely N-dealkylation sites (tertiary alicyclic amines) is 1. The molecule has 2 aromatic carbocycles. The molecule has 1 aliphatic rings. The molecule has 0 aliphatic carbocycles. The average Bonchev–Trinajstić information content (AvgIpc) is 3.59. The van der Waals surface area contributed by atoms with Crippen molar-refractivity contribution in [1.82, 2.24) is 24.6 Å². The quantitative estimate of drug-likeness (QED) is 0.342. The van der Waals surface area contributed by atoms with Crippen LogP contribution in [0.2, 0.25) is 0 Å². The maximum absolute atomic E-state index is 13.1.